The highest BCUT2D eigenvalue weighted by Gasteiger charge is 2.08. The lowest BCUT2D eigenvalue weighted by Gasteiger charge is -2.08. The summed E-state index contributed by atoms with van der Waals surface area (Å²) in [4.78, 5) is 9.07. The SMILES string of the molecule is Cc1ccc2nc(-c3ccccc3)nc(NN)c2c1. The number of aryl methyl sites for hydroxylation is 1. The van der Waals surface area contributed by atoms with Gasteiger partial charge in [0.2, 0.25) is 0 Å². The van der Waals surface area contributed by atoms with Gasteiger partial charge < -0.3 is 5.43 Å². The predicted molar refractivity (Wildman–Crippen MR) is 77.5 cm³/mol. The third-order valence-electron chi connectivity index (χ3n) is 3.02. The molecule has 4 heteroatoms. The van der Waals surface area contributed by atoms with Crippen molar-refractivity contribution in [1.29, 1.82) is 0 Å². The summed E-state index contributed by atoms with van der Waals surface area (Å²) in [5, 5.41) is 0.933. The van der Waals surface area contributed by atoms with E-state index < -0.39 is 0 Å². The molecule has 94 valence electrons. The van der Waals surface area contributed by atoms with Gasteiger partial charge in [-0.25, -0.2) is 15.8 Å². The number of nitrogens with zero attached hydrogens (tertiary/aromatic N) is 2. The van der Waals surface area contributed by atoms with E-state index in [2.05, 4.69) is 15.4 Å². The number of hydrazine groups is 1. The van der Waals surface area contributed by atoms with Crippen LogP contribution >= 0.6 is 0 Å². The molecule has 0 bridgehead atoms. The maximum atomic E-state index is 5.57. The minimum Gasteiger partial charge on any atom is -0.308 e. The van der Waals surface area contributed by atoms with Crippen molar-refractivity contribution >= 4 is 16.7 Å². The second kappa shape index (κ2) is 4.66. The van der Waals surface area contributed by atoms with E-state index in [0.29, 0.717) is 11.6 Å². The molecule has 3 rings (SSSR count). The number of hydrogen-bond acceptors (Lipinski definition) is 4. The molecule has 4 nitrogen and oxygen atoms in total. The molecule has 0 aliphatic rings. The van der Waals surface area contributed by atoms with Gasteiger partial charge in [-0.1, -0.05) is 42.0 Å². The van der Waals surface area contributed by atoms with Gasteiger partial charge in [-0.2, -0.15) is 0 Å². The first-order chi connectivity index (χ1) is 9.28. The van der Waals surface area contributed by atoms with Crippen LogP contribution in [0.3, 0.4) is 0 Å². The second-order valence-corrected chi connectivity index (χ2v) is 4.43. The molecule has 3 aromatic rings. The second-order valence-electron chi connectivity index (χ2n) is 4.43. The average molecular weight is 250 g/mol. The molecule has 0 fully saturated rings. The van der Waals surface area contributed by atoms with Crippen LogP contribution in [0, 0.1) is 6.92 Å². The van der Waals surface area contributed by atoms with Crippen LogP contribution in [0.15, 0.2) is 48.5 Å². The first kappa shape index (κ1) is 11.6. The fourth-order valence-electron chi connectivity index (χ4n) is 2.07. The molecule has 0 spiro atoms. The molecule has 2 aromatic carbocycles. The maximum absolute atomic E-state index is 5.57. The Morgan fingerprint density at radius 1 is 1.00 bits per heavy atom. The highest BCUT2D eigenvalue weighted by Crippen LogP contribution is 2.25. The number of benzene rings is 2. The minimum atomic E-state index is 0.646. The van der Waals surface area contributed by atoms with Gasteiger partial charge in [-0.15, -0.1) is 0 Å². The summed E-state index contributed by atoms with van der Waals surface area (Å²) in [5.41, 5.74) is 5.66. The molecule has 0 aliphatic heterocycles. The molecule has 0 radical (unpaired) electrons. The average Bonchev–Trinajstić information content (AvgIpc) is 2.47. The highest BCUT2D eigenvalue weighted by molar-refractivity contribution is 5.90. The van der Waals surface area contributed by atoms with Crippen molar-refractivity contribution in [2.75, 3.05) is 5.43 Å². The first-order valence-corrected chi connectivity index (χ1v) is 6.08. The Bertz CT molecular complexity index is 723. The third kappa shape index (κ3) is 2.13. The smallest absolute Gasteiger partial charge is 0.162 e. The van der Waals surface area contributed by atoms with E-state index in [9.17, 15) is 0 Å². The fraction of sp³-hybridized carbons (Fsp3) is 0.0667. The summed E-state index contributed by atoms with van der Waals surface area (Å²) in [6.07, 6.45) is 0. The van der Waals surface area contributed by atoms with Crippen LogP contribution in [0.2, 0.25) is 0 Å². The van der Waals surface area contributed by atoms with Gasteiger partial charge >= 0.3 is 0 Å². The zero-order valence-corrected chi connectivity index (χ0v) is 10.6. The molecule has 3 N–H and O–H groups in total. The number of anilines is 1. The largest absolute Gasteiger partial charge is 0.308 e. The van der Waals surface area contributed by atoms with Gasteiger partial charge in [0.1, 0.15) is 0 Å². The third-order valence-corrected chi connectivity index (χ3v) is 3.02. The number of fused-ring (bicyclic) bond motifs is 1. The molecule has 1 heterocycles. The van der Waals surface area contributed by atoms with Crippen molar-refractivity contribution in [1.82, 2.24) is 9.97 Å². The Balaban J connectivity index is 2.26. The number of nitrogens with one attached hydrogen (secondary N) is 1. The summed E-state index contributed by atoms with van der Waals surface area (Å²) in [5.74, 6) is 6.89. The molecule has 0 amide bonds. The summed E-state index contributed by atoms with van der Waals surface area (Å²) in [6.45, 7) is 2.03. The van der Waals surface area contributed by atoms with E-state index in [4.69, 9.17) is 5.84 Å². The van der Waals surface area contributed by atoms with Crippen molar-refractivity contribution in [3.8, 4) is 11.4 Å². The Labute approximate surface area is 111 Å². The number of aromatic nitrogens is 2. The van der Waals surface area contributed by atoms with Gasteiger partial charge in [-0.05, 0) is 19.1 Å². The Morgan fingerprint density at radius 2 is 1.79 bits per heavy atom. The molecule has 0 saturated heterocycles. The minimum absolute atomic E-state index is 0.646. The van der Waals surface area contributed by atoms with Crippen molar-refractivity contribution in [3.05, 3.63) is 54.1 Å². The lowest BCUT2D eigenvalue weighted by molar-refractivity contribution is 1.18. The quantitative estimate of drug-likeness (QED) is 0.542. The van der Waals surface area contributed by atoms with Crippen molar-refractivity contribution in [2.24, 2.45) is 5.84 Å². The summed E-state index contributed by atoms with van der Waals surface area (Å²) in [7, 11) is 0. The van der Waals surface area contributed by atoms with E-state index in [-0.39, 0.29) is 0 Å². The van der Waals surface area contributed by atoms with Crippen molar-refractivity contribution < 1.29 is 0 Å². The monoisotopic (exact) mass is 250 g/mol. The zero-order valence-electron chi connectivity index (χ0n) is 10.6. The Kier molecular flexibility index (Phi) is 2.85. The molecule has 0 atom stereocenters. The standard InChI is InChI=1S/C15H14N4/c1-10-7-8-13-12(9-10)15(19-16)18-14(17-13)11-5-3-2-4-6-11/h2-9H,16H2,1H3,(H,17,18,19). The fourth-order valence-corrected chi connectivity index (χ4v) is 2.07. The number of nitrogen functional groups attached to an aromatic ring is 1. The van der Waals surface area contributed by atoms with E-state index in [1.165, 1.54) is 0 Å². The van der Waals surface area contributed by atoms with E-state index >= 15 is 0 Å². The van der Waals surface area contributed by atoms with Crippen LogP contribution in [0.25, 0.3) is 22.3 Å². The van der Waals surface area contributed by atoms with Crippen molar-refractivity contribution in [2.45, 2.75) is 6.92 Å². The molecule has 0 saturated carbocycles. The van der Waals surface area contributed by atoms with Crippen LogP contribution in [0.1, 0.15) is 5.56 Å². The number of hydrogen-bond donors (Lipinski definition) is 2. The lowest BCUT2D eigenvalue weighted by atomic mass is 10.1. The molecule has 0 aliphatic carbocycles. The van der Waals surface area contributed by atoms with Gasteiger partial charge in [0.05, 0.1) is 5.52 Å². The Hall–Kier alpha value is -2.46. The molecule has 0 unspecified atom stereocenters. The summed E-state index contributed by atoms with van der Waals surface area (Å²) < 4.78 is 0. The van der Waals surface area contributed by atoms with Crippen molar-refractivity contribution in [3.63, 3.8) is 0 Å². The Morgan fingerprint density at radius 3 is 2.53 bits per heavy atom. The topological polar surface area (TPSA) is 63.8 Å². The summed E-state index contributed by atoms with van der Waals surface area (Å²) in [6, 6.07) is 15.9. The zero-order chi connectivity index (χ0) is 13.2. The molecule has 1 aromatic heterocycles. The first-order valence-electron chi connectivity index (χ1n) is 6.08. The van der Waals surface area contributed by atoms with Crippen LogP contribution in [0.4, 0.5) is 5.82 Å². The van der Waals surface area contributed by atoms with Gasteiger partial charge in [0.15, 0.2) is 11.6 Å². The van der Waals surface area contributed by atoms with Crippen LogP contribution in [0.5, 0.6) is 0 Å². The van der Waals surface area contributed by atoms with E-state index in [1.54, 1.807) is 0 Å². The van der Waals surface area contributed by atoms with Crippen LogP contribution in [-0.2, 0) is 0 Å². The molecular formula is C15H14N4. The molecular weight excluding hydrogens is 236 g/mol. The van der Waals surface area contributed by atoms with E-state index in [1.807, 2.05) is 55.5 Å². The number of rotatable bonds is 2. The lowest BCUT2D eigenvalue weighted by Crippen LogP contribution is -2.10. The van der Waals surface area contributed by atoms with Gasteiger partial charge in [0, 0.05) is 10.9 Å². The normalized spacial score (nSPS) is 10.6. The van der Waals surface area contributed by atoms with Crippen LogP contribution in [-0.4, -0.2) is 9.97 Å². The van der Waals surface area contributed by atoms with E-state index in [0.717, 1.165) is 22.0 Å². The highest BCUT2D eigenvalue weighted by atomic mass is 15.3. The van der Waals surface area contributed by atoms with Crippen LogP contribution < -0.4 is 11.3 Å². The maximum Gasteiger partial charge on any atom is 0.162 e. The molecule has 19 heavy (non-hydrogen) atoms. The van der Waals surface area contributed by atoms with Gasteiger partial charge in [0.25, 0.3) is 0 Å². The number of nitrogens with two attached hydrogens (primary N) is 1. The van der Waals surface area contributed by atoms with Gasteiger partial charge in [-0.3, -0.25) is 0 Å². The summed E-state index contributed by atoms with van der Waals surface area (Å²) >= 11 is 0. The predicted octanol–water partition coefficient (Wildman–Crippen LogP) is 2.89.